The zero-order chi connectivity index (χ0) is 11.9. The largest absolute Gasteiger partial charge is 0.294 e. The summed E-state index contributed by atoms with van der Waals surface area (Å²) < 4.78 is 2.82. The molecule has 2 aromatic rings. The lowest BCUT2D eigenvalue weighted by Gasteiger charge is -2.05. The Labute approximate surface area is 103 Å². The molecule has 4 heteroatoms. The Morgan fingerprint density at radius 1 is 1.44 bits per heavy atom. The molecule has 1 aromatic heterocycles. The summed E-state index contributed by atoms with van der Waals surface area (Å²) in [5.74, 6) is 0.0477. The van der Waals surface area contributed by atoms with Crippen molar-refractivity contribution >= 4 is 32.6 Å². The van der Waals surface area contributed by atoms with Crippen molar-refractivity contribution in [3.63, 3.8) is 0 Å². The zero-order valence-corrected chi connectivity index (χ0v) is 11.1. The van der Waals surface area contributed by atoms with Crippen LogP contribution in [0.3, 0.4) is 0 Å². The molecule has 16 heavy (non-hydrogen) atoms. The number of Topliss-reactive ketones (excluding diaryl/α,β-unsaturated/α-hetero) is 1. The highest BCUT2D eigenvalue weighted by atomic mass is 79.9. The highest BCUT2D eigenvalue weighted by Gasteiger charge is 2.15. The van der Waals surface area contributed by atoms with E-state index < -0.39 is 0 Å². The molecule has 0 spiro atoms. The van der Waals surface area contributed by atoms with E-state index in [1.54, 1.807) is 6.92 Å². The molecule has 84 valence electrons. The molecule has 0 aliphatic rings. The lowest BCUT2D eigenvalue weighted by atomic mass is 10.1. The number of hydrogen-bond donors (Lipinski definition) is 0. The van der Waals surface area contributed by atoms with Gasteiger partial charge in [-0.05, 0) is 48.8 Å². The third kappa shape index (κ3) is 1.67. The average Bonchev–Trinajstić information content (AvgIpc) is 2.56. The molecular formula is C12H13BrN2O. The number of halogens is 1. The Morgan fingerprint density at radius 3 is 2.69 bits per heavy atom. The first-order chi connectivity index (χ1) is 7.52. The number of carbonyl (C=O) groups excluding carboxylic acids is 1. The number of aromatic nitrogens is 2. The maximum Gasteiger partial charge on any atom is 0.162 e. The molecule has 0 aliphatic carbocycles. The smallest absolute Gasteiger partial charge is 0.162 e. The van der Waals surface area contributed by atoms with Crippen LogP contribution in [0.1, 0.15) is 37.2 Å². The fourth-order valence-electron chi connectivity index (χ4n) is 1.72. The molecule has 0 saturated heterocycles. The zero-order valence-electron chi connectivity index (χ0n) is 9.49. The van der Waals surface area contributed by atoms with Gasteiger partial charge in [0.15, 0.2) is 5.78 Å². The molecule has 0 aliphatic heterocycles. The van der Waals surface area contributed by atoms with Crippen molar-refractivity contribution in [3.8, 4) is 0 Å². The minimum absolute atomic E-state index is 0.0477. The predicted molar refractivity (Wildman–Crippen MR) is 67.8 cm³/mol. The van der Waals surface area contributed by atoms with E-state index in [1.165, 1.54) is 0 Å². The highest BCUT2D eigenvalue weighted by molar-refractivity contribution is 9.10. The van der Waals surface area contributed by atoms with Gasteiger partial charge in [0.25, 0.3) is 0 Å². The van der Waals surface area contributed by atoms with E-state index in [9.17, 15) is 4.79 Å². The summed E-state index contributed by atoms with van der Waals surface area (Å²) in [5, 5.41) is 5.47. The molecule has 0 saturated carbocycles. The normalized spacial score (nSPS) is 11.3. The second-order valence-corrected chi connectivity index (χ2v) is 4.84. The van der Waals surface area contributed by atoms with Gasteiger partial charge in [-0.3, -0.25) is 9.48 Å². The lowest BCUT2D eigenvalue weighted by molar-refractivity contribution is 0.101. The van der Waals surface area contributed by atoms with Crippen LogP contribution in [0, 0.1) is 0 Å². The summed E-state index contributed by atoms with van der Waals surface area (Å²) in [4.78, 5) is 11.5. The van der Waals surface area contributed by atoms with Crippen LogP contribution in [-0.2, 0) is 0 Å². The predicted octanol–water partition coefficient (Wildman–Crippen LogP) is 3.58. The molecule has 0 bridgehead atoms. The van der Waals surface area contributed by atoms with E-state index in [0.29, 0.717) is 5.56 Å². The standard InChI is InChI=1S/C12H13BrN2O/c1-7(2)15-12(13)10-6-4-5-9(8(3)16)11(10)14-15/h4-7H,1-3H3. The van der Waals surface area contributed by atoms with Crippen LogP contribution in [0.15, 0.2) is 22.8 Å². The fraction of sp³-hybridized carbons (Fsp3) is 0.333. The molecule has 1 heterocycles. The summed E-state index contributed by atoms with van der Waals surface area (Å²) in [6.07, 6.45) is 0. The molecule has 0 amide bonds. The Kier molecular flexibility index (Phi) is 2.84. The number of hydrogen-bond acceptors (Lipinski definition) is 2. The molecule has 0 N–H and O–H groups in total. The number of fused-ring (bicyclic) bond motifs is 1. The quantitative estimate of drug-likeness (QED) is 0.788. The van der Waals surface area contributed by atoms with Crippen LogP contribution in [-0.4, -0.2) is 15.6 Å². The topological polar surface area (TPSA) is 34.9 Å². The van der Waals surface area contributed by atoms with Gasteiger partial charge >= 0.3 is 0 Å². The summed E-state index contributed by atoms with van der Waals surface area (Å²) in [7, 11) is 0. The van der Waals surface area contributed by atoms with Crippen molar-refractivity contribution in [2.45, 2.75) is 26.8 Å². The number of nitrogens with zero attached hydrogens (tertiary/aromatic N) is 2. The molecule has 2 rings (SSSR count). The average molecular weight is 281 g/mol. The fourth-order valence-corrected chi connectivity index (χ4v) is 2.53. The number of carbonyl (C=O) groups is 1. The minimum Gasteiger partial charge on any atom is -0.294 e. The summed E-state index contributed by atoms with van der Waals surface area (Å²) in [5.41, 5.74) is 1.45. The van der Waals surface area contributed by atoms with Gasteiger partial charge in [-0.2, -0.15) is 5.10 Å². The maximum absolute atomic E-state index is 11.5. The van der Waals surface area contributed by atoms with Crippen LogP contribution >= 0.6 is 15.9 Å². The summed E-state index contributed by atoms with van der Waals surface area (Å²) in [6.45, 7) is 5.69. The van der Waals surface area contributed by atoms with Gasteiger partial charge in [0.05, 0.1) is 0 Å². The van der Waals surface area contributed by atoms with Gasteiger partial charge in [-0.1, -0.05) is 6.07 Å². The molecular weight excluding hydrogens is 268 g/mol. The van der Waals surface area contributed by atoms with Gasteiger partial charge in [0.2, 0.25) is 0 Å². The first-order valence-corrected chi connectivity index (χ1v) is 5.99. The third-order valence-electron chi connectivity index (χ3n) is 2.54. The Balaban J connectivity index is 2.80. The van der Waals surface area contributed by atoms with Crippen molar-refractivity contribution in [1.82, 2.24) is 9.78 Å². The minimum atomic E-state index is 0.0477. The van der Waals surface area contributed by atoms with Crippen LogP contribution in [0.5, 0.6) is 0 Å². The highest BCUT2D eigenvalue weighted by Crippen LogP contribution is 2.28. The van der Waals surface area contributed by atoms with Crippen molar-refractivity contribution < 1.29 is 4.79 Å². The monoisotopic (exact) mass is 280 g/mol. The van der Waals surface area contributed by atoms with E-state index in [2.05, 4.69) is 34.9 Å². The van der Waals surface area contributed by atoms with E-state index in [0.717, 1.165) is 15.5 Å². The van der Waals surface area contributed by atoms with Crippen LogP contribution in [0.25, 0.3) is 10.9 Å². The number of rotatable bonds is 2. The third-order valence-corrected chi connectivity index (χ3v) is 3.33. The van der Waals surface area contributed by atoms with Crippen LogP contribution < -0.4 is 0 Å². The molecule has 0 radical (unpaired) electrons. The Bertz CT molecular complexity index is 557. The first-order valence-electron chi connectivity index (χ1n) is 5.20. The molecule has 0 fully saturated rings. The SMILES string of the molecule is CC(=O)c1cccc2c(Br)n(C(C)C)nc12. The second kappa shape index (κ2) is 4.01. The van der Waals surface area contributed by atoms with Crippen LogP contribution in [0.2, 0.25) is 0 Å². The van der Waals surface area contributed by atoms with Gasteiger partial charge in [-0.25, -0.2) is 0 Å². The molecule has 3 nitrogen and oxygen atoms in total. The van der Waals surface area contributed by atoms with Gasteiger partial charge in [-0.15, -0.1) is 0 Å². The van der Waals surface area contributed by atoms with Gasteiger partial charge in [0, 0.05) is 17.0 Å². The Morgan fingerprint density at radius 2 is 2.12 bits per heavy atom. The number of ketones is 1. The number of benzene rings is 1. The van der Waals surface area contributed by atoms with Crippen LogP contribution in [0.4, 0.5) is 0 Å². The first kappa shape index (κ1) is 11.3. The van der Waals surface area contributed by atoms with Crippen molar-refractivity contribution in [1.29, 1.82) is 0 Å². The Hall–Kier alpha value is -1.16. The maximum atomic E-state index is 11.5. The van der Waals surface area contributed by atoms with Crippen molar-refractivity contribution in [2.75, 3.05) is 0 Å². The lowest BCUT2D eigenvalue weighted by Crippen LogP contribution is -2.02. The van der Waals surface area contributed by atoms with E-state index in [1.807, 2.05) is 22.9 Å². The molecule has 1 aromatic carbocycles. The van der Waals surface area contributed by atoms with E-state index >= 15 is 0 Å². The van der Waals surface area contributed by atoms with E-state index in [-0.39, 0.29) is 11.8 Å². The van der Waals surface area contributed by atoms with Gasteiger partial charge < -0.3 is 0 Å². The van der Waals surface area contributed by atoms with Crippen molar-refractivity contribution in [3.05, 3.63) is 28.4 Å². The van der Waals surface area contributed by atoms with E-state index in [4.69, 9.17) is 0 Å². The van der Waals surface area contributed by atoms with Gasteiger partial charge in [0.1, 0.15) is 10.1 Å². The van der Waals surface area contributed by atoms with Crippen molar-refractivity contribution in [2.24, 2.45) is 0 Å². The second-order valence-electron chi connectivity index (χ2n) is 4.09. The summed E-state index contributed by atoms with van der Waals surface area (Å²) in [6, 6.07) is 5.93. The summed E-state index contributed by atoms with van der Waals surface area (Å²) >= 11 is 3.52. The molecule has 0 unspecified atom stereocenters. The molecule has 0 atom stereocenters.